The van der Waals surface area contributed by atoms with Crippen LogP contribution in [-0.2, 0) is 20.9 Å². The molecule has 1 N–H and O–H groups in total. The Balaban J connectivity index is 0.00000442. The highest BCUT2D eigenvalue weighted by Crippen LogP contribution is 2.44. The Bertz CT molecular complexity index is 1600. The van der Waals surface area contributed by atoms with Gasteiger partial charge >= 0.3 is 5.97 Å². The zero-order valence-corrected chi connectivity index (χ0v) is 24.5. The van der Waals surface area contributed by atoms with Crippen LogP contribution in [0.4, 0.5) is 22.0 Å². The fourth-order valence-corrected chi connectivity index (χ4v) is 5.32. The monoisotopic (exact) mass is 634 g/mol. The standard InChI is InChI=1S/C32H27F5N2O4.ClH/c1-17(16-42-20-11-7-4-8-12-20)43-32(41)23-18(2)38-21-14-39(13-19-9-5-3-6-10-19)15-22(40)24(21)25(23)26-27(33)29(35)31(37)30(36)28(26)34;/h3-12,17,25,38H,13-16H2,1-2H3;1H. The first kappa shape index (κ1) is 32.7. The maximum absolute atomic E-state index is 15.3. The Morgan fingerprint density at radius 1 is 0.909 bits per heavy atom. The van der Waals surface area contributed by atoms with Gasteiger partial charge < -0.3 is 14.8 Å². The van der Waals surface area contributed by atoms with Crippen LogP contribution < -0.4 is 10.1 Å². The van der Waals surface area contributed by atoms with E-state index in [0.717, 1.165) is 5.56 Å². The molecule has 2 aliphatic rings. The number of rotatable bonds is 8. The molecule has 2 heterocycles. The highest BCUT2D eigenvalue weighted by molar-refractivity contribution is 6.05. The van der Waals surface area contributed by atoms with Crippen molar-refractivity contribution in [1.82, 2.24) is 10.2 Å². The minimum Gasteiger partial charge on any atom is -0.490 e. The van der Waals surface area contributed by atoms with Gasteiger partial charge in [-0.25, -0.2) is 26.7 Å². The van der Waals surface area contributed by atoms with Gasteiger partial charge in [-0.2, -0.15) is 0 Å². The number of hydrogen-bond donors (Lipinski definition) is 1. The summed E-state index contributed by atoms with van der Waals surface area (Å²) < 4.78 is 84.6. The fraction of sp³-hybridized carbons (Fsp3) is 0.250. The summed E-state index contributed by atoms with van der Waals surface area (Å²) in [6, 6.07) is 17.9. The van der Waals surface area contributed by atoms with Crippen LogP contribution in [0.15, 0.2) is 83.2 Å². The van der Waals surface area contributed by atoms with Gasteiger partial charge in [-0.1, -0.05) is 48.5 Å². The molecule has 5 rings (SSSR count). The summed E-state index contributed by atoms with van der Waals surface area (Å²) in [5.41, 5.74) is -0.875. The number of ketones is 1. The molecular formula is C32H28ClF5N2O4. The Morgan fingerprint density at radius 3 is 2.09 bits per heavy atom. The van der Waals surface area contributed by atoms with Gasteiger partial charge in [-0.05, 0) is 31.5 Å². The van der Waals surface area contributed by atoms with Crippen molar-refractivity contribution in [3.05, 3.63) is 123 Å². The molecule has 2 atom stereocenters. The molecule has 0 spiro atoms. The number of nitrogens with zero attached hydrogens (tertiary/aromatic N) is 1. The van der Waals surface area contributed by atoms with E-state index in [1.807, 2.05) is 30.3 Å². The largest absolute Gasteiger partial charge is 0.490 e. The number of para-hydroxylation sites is 1. The molecule has 0 fully saturated rings. The van der Waals surface area contributed by atoms with E-state index in [4.69, 9.17) is 9.47 Å². The Kier molecular flexibility index (Phi) is 10.1. The molecule has 6 nitrogen and oxygen atoms in total. The average molecular weight is 635 g/mol. The molecule has 12 heteroatoms. The quantitative estimate of drug-likeness (QED) is 0.140. The second-order valence-corrected chi connectivity index (χ2v) is 10.4. The molecule has 44 heavy (non-hydrogen) atoms. The molecule has 232 valence electrons. The average Bonchev–Trinajstić information content (AvgIpc) is 2.98. The number of dihydropyridines is 1. The molecule has 0 aromatic heterocycles. The van der Waals surface area contributed by atoms with Crippen LogP contribution in [0.2, 0.25) is 0 Å². The highest BCUT2D eigenvalue weighted by atomic mass is 35.5. The summed E-state index contributed by atoms with van der Waals surface area (Å²) >= 11 is 0. The summed E-state index contributed by atoms with van der Waals surface area (Å²) in [7, 11) is 0. The number of halogens is 6. The van der Waals surface area contributed by atoms with Crippen LogP contribution in [-0.4, -0.2) is 42.5 Å². The number of benzene rings is 3. The minimum atomic E-state index is -2.34. The number of ether oxygens (including phenoxy) is 2. The lowest BCUT2D eigenvalue weighted by atomic mass is 9.76. The molecule has 0 bridgehead atoms. The van der Waals surface area contributed by atoms with Crippen molar-refractivity contribution in [2.75, 3.05) is 19.7 Å². The van der Waals surface area contributed by atoms with E-state index < -0.39 is 64.0 Å². The van der Waals surface area contributed by atoms with Crippen LogP contribution in [0, 0.1) is 29.1 Å². The van der Waals surface area contributed by atoms with E-state index in [1.54, 1.807) is 35.2 Å². The summed E-state index contributed by atoms with van der Waals surface area (Å²) in [5, 5.41) is 2.96. The molecule has 3 aromatic rings. The van der Waals surface area contributed by atoms with Gasteiger partial charge in [-0.15, -0.1) is 12.4 Å². The second kappa shape index (κ2) is 13.6. The first-order valence-electron chi connectivity index (χ1n) is 13.5. The number of esters is 1. The fourth-order valence-electron chi connectivity index (χ4n) is 5.32. The molecule has 0 radical (unpaired) electrons. The van der Waals surface area contributed by atoms with Gasteiger partial charge in [0.1, 0.15) is 18.5 Å². The van der Waals surface area contributed by atoms with Gasteiger partial charge in [0.2, 0.25) is 5.82 Å². The Labute approximate surface area is 256 Å². The van der Waals surface area contributed by atoms with Gasteiger partial charge in [0.05, 0.1) is 18.0 Å². The predicted octanol–water partition coefficient (Wildman–Crippen LogP) is 6.11. The lowest BCUT2D eigenvalue weighted by Gasteiger charge is -2.38. The molecule has 3 aromatic carbocycles. The van der Waals surface area contributed by atoms with Crippen LogP contribution >= 0.6 is 12.4 Å². The number of carbonyl (C=O) groups excluding carboxylic acids is 2. The van der Waals surface area contributed by atoms with Crippen molar-refractivity contribution < 1.29 is 41.0 Å². The maximum atomic E-state index is 15.3. The van der Waals surface area contributed by atoms with Gasteiger partial charge in [0, 0.05) is 35.6 Å². The number of Topliss-reactive ketones (excluding diaryl/α,β-unsaturated/α-hetero) is 1. The smallest absolute Gasteiger partial charge is 0.337 e. The van der Waals surface area contributed by atoms with E-state index >= 15 is 8.78 Å². The number of hydrogen-bond acceptors (Lipinski definition) is 6. The van der Waals surface area contributed by atoms with E-state index in [1.165, 1.54) is 13.8 Å². The van der Waals surface area contributed by atoms with E-state index in [2.05, 4.69) is 5.32 Å². The summed E-state index contributed by atoms with van der Waals surface area (Å²) in [4.78, 5) is 28.9. The van der Waals surface area contributed by atoms with E-state index in [9.17, 15) is 22.8 Å². The second-order valence-electron chi connectivity index (χ2n) is 10.4. The van der Waals surface area contributed by atoms with Crippen molar-refractivity contribution in [2.45, 2.75) is 32.4 Å². The van der Waals surface area contributed by atoms with E-state index in [-0.39, 0.29) is 49.1 Å². The number of nitrogens with one attached hydrogen (secondary N) is 1. The first-order valence-corrected chi connectivity index (χ1v) is 13.5. The summed E-state index contributed by atoms with van der Waals surface area (Å²) in [6.45, 7) is 3.05. The normalized spacial score (nSPS) is 17.4. The highest BCUT2D eigenvalue weighted by Gasteiger charge is 2.45. The van der Waals surface area contributed by atoms with Gasteiger partial charge in [0.25, 0.3) is 0 Å². The number of carbonyl (C=O) groups is 2. The van der Waals surface area contributed by atoms with Crippen LogP contribution in [0.25, 0.3) is 0 Å². The Hall–Kier alpha value is -4.22. The van der Waals surface area contributed by atoms with Gasteiger partial charge in [-0.3, -0.25) is 9.69 Å². The molecular weight excluding hydrogens is 607 g/mol. The Morgan fingerprint density at radius 2 is 1.48 bits per heavy atom. The van der Waals surface area contributed by atoms with Gasteiger partial charge in [0.15, 0.2) is 29.1 Å². The first-order chi connectivity index (χ1) is 20.6. The van der Waals surface area contributed by atoms with Crippen LogP contribution in [0.3, 0.4) is 0 Å². The third-order valence-corrected chi connectivity index (χ3v) is 7.23. The van der Waals surface area contributed by atoms with Crippen LogP contribution in [0.5, 0.6) is 5.75 Å². The lowest BCUT2D eigenvalue weighted by molar-refractivity contribution is -0.145. The van der Waals surface area contributed by atoms with Crippen LogP contribution in [0.1, 0.15) is 30.9 Å². The van der Waals surface area contributed by atoms with Crippen molar-refractivity contribution >= 4 is 24.2 Å². The molecule has 0 saturated heterocycles. The zero-order chi connectivity index (χ0) is 30.8. The maximum Gasteiger partial charge on any atom is 0.337 e. The van der Waals surface area contributed by atoms with Crippen molar-refractivity contribution in [3.63, 3.8) is 0 Å². The van der Waals surface area contributed by atoms with Crippen molar-refractivity contribution in [2.24, 2.45) is 0 Å². The van der Waals surface area contributed by atoms with E-state index in [0.29, 0.717) is 12.3 Å². The predicted molar refractivity (Wildman–Crippen MR) is 153 cm³/mol. The molecule has 2 aliphatic heterocycles. The van der Waals surface area contributed by atoms with Crippen molar-refractivity contribution in [1.29, 1.82) is 0 Å². The topological polar surface area (TPSA) is 67.9 Å². The lowest BCUT2D eigenvalue weighted by Crippen LogP contribution is -2.45. The molecule has 0 amide bonds. The molecule has 0 aliphatic carbocycles. The summed E-state index contributed by atoms with van der Waals surface area (Å²) in [5.74, 6) is -14.1. The summed E-state index contributed by atoms with van der Waals surface area (Å²) in [6.07, 6.45) is -0.885. The third kappa shape index (κ3) is 6.48. The molecule has 0 saturated carbocycles. The minimum absolute atomic E-state index is 0. The van der Waals surface area contributed by atoms with Crippen molar-refractivity contribution in [3.8, 4) is 5.75 Å². The SMILES string of the molecule is CC1=C(C(=O)OC(C)COc2ccccc2)C(c2c(F)c(F)c(F)c(F)c2F)C2=C(CN(Cc3ccccc3)CC2=O)N1.Cl. The molecule has 2 unspecified atom stereocenters. The third-order valence-electron chi connectivity index (χ3n) is 7.23. The number of allylic oxidation sites excluding steroid dienone is 1. The zero-order valence-electron chi connectivity index (χ0n) is 23.6.